The highest BCUT2D eigenvalue weighted by Gasteiger charge is 2.18. The topological polar surface area (TPSA) is 24.1 Å². The van der Waals surface area contributed by atoms with Gasteiger partial charge in [-0.05, 0) is 42.6 Å². The Hall–Kier alpha value is -1.80. The van der Waals surface area contributed by atoms with E-state index in [4.69, 9.17) is 0 Å². The Labute approximate surface area is 114 Å². The van der Waals surface area contributed by atoms with Gasteiger partial charge in [-0.1, -0.05) is 42.5 Å². The van der Waals surface area contributed by atoms with Crippen LogP contribution in [0.5, 0.6) is 0 Å². The second-order valence-electron chi connectivity index (χ2n) is 5.18. The Balaban J connectivity index is 1.91. The number of para-hydroxylation sites is 1. The standard InChI is InChI=1S/C17H20N2/c1-13-6-2-5-9-16(13)19-17-10-11-18-12-14-7-3-4-8-15(14)17/h2-9,17-19H,10-12H2,1H3. The van der Waals surface area contributed by atoms with Crippen molar-refractivity contribution in [3.05, 3.63) is 65.2 Å². The predicted octanol–water partition coefficient (Wildman–Crippen LogP) is 3.64. The molecule has 1 heterocycles. The maximum Gasteiger partial charge on any atom is 0.0529 e. The molecule has 0 radical (unpaired) electrons. The maximum absolute atomic E-state index is 3.71. The quantitative estimate of drug-likeness (QED) is 0.852. The molecular weight excluding hydrogens is 232 g/mol. The van der Waals surface area contributed by atoms with Gasteiger partial charge in [0, 0.05) is 12.2 Å². The van der Waals surface area contributed by atoms with Crippen LogP contribution in [0.3, 0.4) is 0 Å². The number of rotatable bonds is 2. The molecule has 0 spiro atoms. The lowest BCUT2D eigenvalue weighted by Crippen LogP contribution is -2.15. The number of fused-ring (bicyclic) bond motifs is 1. The van der Waals surface area contributed by atoms with Crippen LogP contribution >= 0.6 is 0 Å². The van der Waals surface area contributed by atoms with Crippen molar-refractivity contribution in [3.63, 3.8) is 0 Å². The first kappa shape index (κ1) is 12.2. The molecule has 0 amide bonds. The minimum atomic E-state index is 0.396. The molecular formula is C17H20N2. The van der Waals surface area contributed by atoms with E-state index in [1.54, 1.807) is 0 Å². The minimum absolute atomic E-state index is 0.396. The third-order valence-corrected chi connectivity index (χ3v) is 3.83. The summed E-state index contributed by atoms with van der Waals surface area (Å²) in [5, 5.41) is 7.20. The first-order chi connectivity index (χ1) is 9.34. The van der Waals surface area contributed by atoms with Gasteiger partial charge in [-0.3, -0.25) is 0 Å². The van der Waals surface area contributed by atoms with Crippen molar-refractivity contribution < 1.29 is 0 Å². The van der Waals surface area contributed by atoms with Crippen molar-refractivity contribution in [2.24, 2.45) is 0 Å². The molecule has 0 aliphatic carbocycles. The average molecular weight is 252 g/mol. The van der Waals surface area contributed by atoms with Gasteiger partial charge in [0.2, 0.25) is 0 Å². The molecule has 98 valence electrons. The summed E-state index contributed by atoms with van der Waals surface area (Å²) in [5.41, 5.74) is 5.38. The van der Waals surface area contributed by atoms with Gasteiger partial charge in [0.05, 0.1) is 6.04 Å². The minimum Gasteiger partial charge on any atom is -0.378 e. The molecule has 0 saturated heterocycles. The Bertz CT molecular complexity index is 563. The molecule has 0 fully saturated rings. The summed E-state index contributed by atoms with van der Waals surface area (Å²) < 4.78 is 0. The summed E-state index contributed by atoms with van der Waals surface area (Å²) in [6, 6.07) is 17.6. The third kappa shape index (κ3) is 2.64. The van der Waals surface area contributed by atoms with Gasteiger partial charge in [-0.2, -0.15) is 0 Å². The van der Waals surface area contributed by atoms with E-state index in [9.17, 15) is 0 Å². The number of hydrogen-bond acceptors (Lipinski definition) is 2. The highest BCUT2D eigenvalue weighted by Crippen LogP contribution is 2.28. The summed E-state index contributed by atoms with van der Waals surface area (Å²) in [6.07, 6.45) is 1.12. The summed E-state index contributed by atoms with van der Waals surface area (Å²) >= 11 is 0. The number of nitrogens with one attached hydrogen (secondary N) is 2. The monoisotopic (exact) mass is 252 g/mol. The first-order valence-electron chi connectivity index (χ1n) is 6.95. The zero-order valence-corrected chi connectivity index (χ0v) is 11.3. The predicted molar refractivity (Wildman–Crippen MR) is 80.3 cm³/mol. The summed E-state index contributed by atoms with van der Waals surface area (Å²) in [7, 11) is 0. The second-order valence-corrected chi connectivity index (χ2v) is 5.18. The fraction of sp³-hybridized carbons (Fsp3) is 0.294. The molecule has 1 aliphatic rings. The van der Waals surface area contributed by atoms with Gasteiger partial charge in [0.1, 0.15) is 0 Å². The van der Waals surface area contributed by atoms with Crippen molar-refractivity contribution in [2.75, 3.05) is 11.9 Å². The smallest absolute Gasteiger partial charge is 0.0529 e. The van der Waals surface area contributed by atoms with Crippen molar-refractivity contribution in [1.82, 2.24) is 5.32 Å². The van der Waals surface area contributed by atoms with Gasteiger partial charge < -0.3 is 10.6 Å². The van der Waals surface area contributed by atoms with E-state index in [0.29, 0.717) is 6.04 Å². The van der Waals surface area contributed by atoms with E-state index >= 15 is 0 Å². The fourth-order valence-corrected chi connectivity index (χ4v) is 2.73. The van der Waals surface area contributed by atoms with E-state index in [0.717, 1.165) is 19.5 Å². The molecule has 19 heavy (non-hydrogen) atoms. The van der Waals surface area contributed by atoms with E-state index in [1.165, 1.54) is 22.4 Å². The van der Waals surface area contributed by atoms with Gasteiger partial charge in [0.15, 0.2) is 0 Å². The summed E-state index contributed by atoms with van der Waals surface area (Å²) in [4.78, 5) is 0. The molecule has 0 aromatic heterocycles. The van der Waals surface area contributed by atoms with Crippen LogP contribution in [0.2, 0.25) is 0 Å². The van der Waals surface area contributed by atoms with Crippen molar-refractivity contribution in [3.8, 4) is 0 Å². The molecule has 0 saturated carbocycles. The number of aryl methyl sites for hydroxylation is 1. The van der Waals surface area contributed by atoms with Crippen molar-refractivity contribution in [1.29, 1.82) is 0 Å². The molecule has 2 heteroatoms. The van der Waals surface area contributed by atoms with E-state index in [-0.39, 0.29) is 0 Å². The van der Waals surface area contributed by atoms with Gasteiger partial charge in [-0.25, -0.2) is 0 Å². The van der Waals surface area contributed by atoms with Crippen LogP contribution in [0.1, 0.15) is 29.2 Å². The van der Waals surface area contributed by atoms with Crippen LogP contribution in [0.15, 0.2) is 48.5 Å². The zero-order chi connectivity index (χ0) is 13.1. The van der Waals surface area contributed by atoms with Gasteiger partial charge in [0.25, 0.3) is 0 Å². The molecule has 0 bridgehead atoms. The highest BCUT2D eigenvalue weighted by molar-refractivity contribution is 5.52. The highest BCUT2D eigenvalue weighted by atomic mass is 15.0. The Morgan fingerprint density at radius 1 is 1.05 bits per heavy atom. The van der Waals surface area contributed by atoms with Crippen LogP contribution in [-0.4, -0.2) is 6.54 Å². The Morgan fingerprint density at radius 2 is 1.84 bits per heavy atom. The number of benzene rings is 2. The maximum atomic E-state index is 3.71. The van der Waals surface area contributed by atoms with Crippen LogP contribution < -0.4 is 10.6 Å². The number of hydrogen-bond donors (Lipinski definition) is 2. The lowest BCUT2D eigenvalue weighted by atomic mass is 9.98. The first-order valence-corrected chi connectivity index (χ1v) is 6.95. The van der Waals surface area contributed by atoms with Crippen LogP contribution in [0, 0.1) is 6.92 Å². The summed E-state index contributed by atoms with van der Waals surface area (Å²) in [5.74, 6) is 0. The van der Waals surface area contributed by atoms with E-state index in [2.05, 4.69) is 66.1 Å². The SMILES string of the molecule is Cc1ccccc1NC1CCNCc2ccccc21. The van der Waals surface area contributed by atoms with Crippen LogP contribution in [0.4, 0.5) is 5.69 Å². The molecule has 1 aliphatic heterocycles. The lowest BCUT2D eigenvalue weighted by molar-refractivity contribution is 0.637. The molecule has 1 unspecified atom stereocenters. The molecule has 2 N–H and O–H groups in total. The average Bonchev–Trinajstić information content (AvgIpc) is 2.64. The molecule has 2 aromatic rings. The van der Waals surface area contributed by atoms with Gasteiger partial charge >= 0.3 is 0 Å². The zero-order valence-electron chi connectivity index (χ0n) is 11.3. The Morgan fingerprint density at radius 3 is 2.74 bits per heavy atom. The van der Waals surface area contributed by atoms with Crippen molar-refractivity contribution >= 4 is 5.69 Å². The number of anilines is 1. The lowest BCUT2D eigenvalue weighted by Gasteiger charge is -2.21. The van der Waals surface area contributed by atoms with Crippen molar-refractivity contribution in [2.45, 2.75) is 25.9 Å². The second kappa shape index (κ2) is 5.45. The summed E-state index contributed by atoms with van der Waals surface area (Å²) in [6.45, 7) is 4.18. The molecule has 3 rings (SSSR count). The Kier molecular flexibility index (Phi) is 3.51. The largest absolute Gasteiger partial charge is 0.378 e. The van der Waals surface area contributed by atoms with Gasteiger partial charge in [-0.15, -0.1) is 0 Å². The molecule has 1 atom stereocenters. The van der Waals surface area contributed by atoms with Crippen LogP contribution in [-0.2, 0) is 6.54 Å². The fourth-order valence-electron chi connectivity index (χ4n) is 2.73. The normalized spacial score (nSPS) is 18.5. The molecule has 2 nitrogen and oxygen atoms in total. The third-order valence-electron chi connectivity index (χ3n) is 3.83. The van der Waals surface area contributed by atoms with E-state index in [1.807, 2.05) is 0 Å². The van der Waals surface area contributed by atoms with E-state index < -0.39 is 0 Å². The molecule has 2 aromatic carbocycles. The van der Waals surface area contributed by atoms with Crippen LogP contribution in [0.25, 0.3) is 0 Å².